The first kappa shape index (κ1) is 14.2. The Morgan fingerprint density at radius 1 is 1.39 bits per heavy atom. The highest BCUT2D eigenvalue weighted by atomic mass is 19.4. The van der Waals surface area contributed by atoms with Crippen molar-refractivity contribution in [2.45, 2.75) is 20.0 Å². The zero-order chi connectivity index (χ0) is 14.1. The maximum atomic E-state index is 12.6. The lowest BCUT2D eigenvalue weighted by Gasteiger charge is -2.25. The molecule has 0 bridgehead atoms. The number of amides is 1. The number of nitrogens with zero attached hydrogens (tertiary/aromatic N) is 2. The molecule has 1 aromatic heterocycles. The lowest BCUT2D eigenvalue weighted by molar-refractivity contribution is -0.208. The van der Waals surface area contributed by atoms with Crippen molar-refractivity contribution in [2.75, 3.05) is 5.32 Å². The second-order valence-electron chi connectivity index (χ2n) is 4.27. The van der Waals surface area contributed by atoms with Crippen molar-refractivity contribution < 1.29 is 18.0 Å². The number of carbonyl (C=O) groups is 1. The maximum absolute atomic E-state index is 12.6. The second kappa shape index (κ2) is 4.43. The molecule has 1 N–H and O–H groups in total. The van der Waals surface area contributed by atoms with E-state index in [-0.39, 0.29) is 0 Å². The number of halogens is 3. The van der Waals surface area contributed by atoms with Crippen molar-refractivity contribution in [3.8, 4) is 0 Å². The Hall–Kier alpha value is -1.86. The van der Waals surface area contributed by atoms with E-state index in [1.807, 2.05) is 5.32 Å². The van der Waals surface area contributed by atoms with Crippen molar-refractivity contribution >= 4 is 11.7 Å². The lowest BCUT2D eigenvalue weighted by Crippen LogP contribution is -2.44. The highest BCUT2D eigenvalue weighted by molar-refractivity contribution is 5.94. The summed E-state index contributed by atoms with van der Waals surface area (Å²) in [4.78, 5) is 26.6. The van der Waals surface area contributed by atoms with Crippen LogP contribution in [0, 0.1) is 5.41 Å². The van der Waals surface area contributed by atoms with Crippen molar-refractivity contribution in [3.63, 3.8) is 0 Å². The Bertz CT molecular complexity index is 520. The summed E-state index contributed by atoms with van der Waals surface area (Å²) in [5.74, 6) is -1.76. The van der Waals surface area contributed by atoms with Gasteiger partial charge in [-0.2, -0.15) is 13.2 Å². The molecule has 0 aliphatic carbocycles. The van der Waals surface area contributed by atoms with Gasteiger partial charge in [0.1, 0.15) is 5.41 Å². The highest BCUT2D eigenvalue weighted by Gasteiger charge is 2.53. The largest absolute Gasteiger partial charge is 0.402 e. The van der Waals surface area contributed by atoms with E-state index in [0.29, 0.717) is 0 Å². The summed E-state index contributed by atoms with van der Waals surface area (Å²) in [6.45, 7) is 1.46. The van der Waals surface area contributed by atoms with Crippen molar-refractivity contribution in [3.05, 3.63) is 22.7 Å². The van der Waals surface area contributed by atoms with Crippen LogP contribution in [-0.2, 0) is 11.8 Å². The molecular formula is C10H12F3N3O2. The van der Waals surface area contributed by atoms with Crippen LogP contribution in [0.5, 0.6) is 0 Å². The van der Waals surface area contributed by atoms with Crippen LogP contribution in [0.1, 0.15) is 13.8 Å². The van der Waals surface area contributed by atoms with E-state index < -0.39 is 28.9 Å². The fourth-order valence-electron chi connectivity index (χ4n) is 0.976. The van der Waals surface area contributed by atoms with E-state index in [9.17, 15) is 22.8 Å². The Labute approximate surface area is 101 Å². The number of hydrogen-bond acceptors (Lipinski definition) is 3. The van der Waals surface area contributed by atoms with E-state index in [1.165, 1.54) is 19.4 Å². The van der Waals surface area contributed by atoms with Gasteiger partial charge in [0.05, 0.1) is 0 Å². The molecule has 1 aromatic rings. The number of carbonyl (C=O) groups excluding carboxylic acids is 1. The van der Waals surface area contributed by atoms with Crippen molar-refractivity contribution in [1.82, 2.24) is 9.55 Å². The molecule has 0 saturated carbocycles. The molecule has 0 aromatic carbocycles. The molecule has 0 spiro atoms. The number of anilines is 1. The van der Waals surface area contributed by atoms with Crippen LogP contribution < -0.4 is 10.9 Å². The molecule has 0 aliphatic rings. The van der Waals surface area contributed by atoms with Gasteiger partial charge < -0.3 is 9.88 Å². The summed E-state index contributed by atoms with van der Waals surface area (Å²) in [6.07, 6.45) is -2.18. The number of rotatable bonds is 2. The molecule has 1 heterocycles. The molecule has 1 rings (SSSR count). The van der Waals surface area contributed by atoms with E-state index in [0.717, 1.165) is 18.4 Å². The SMILES string of the molecule is Cn1ccnc(NC(=O)C(C)(C)C(F)(F)F)c1=O. The fourth-order valence-corrected chi connectivity index (χ4v) is 0.976. The Balaban J connectivity index is 3.03. The summed E-state index contributed by atoms with van der Waals surface area (Å²) in [5, 5.41) is 1.89. The summed E-state index contributed by atoms with van der Waals surface area (Å²) in [7, 11) is 1.40. The van der Waals surface area contributed by atoms with E-state index >= 15 is 0 Å². The van der Waals surface area contributed by atoms with Crippen LogP contribution in [0.2, 0.25) is 0 Å². The summed E-state index contributed by atoms with van der Waals surface area (Å²) in [6, 6.07) is 0. The maximum Gasteiger partial charge on any atom is 0.402 e. The standard InChI is InChI=1S/C10H12F3N3O2/c1-9(2,10(11,12)13)8(18)15-6-7(17)16(3)5-4-14-6/h4-5H,1-3H3,(H,14,15,18). The van der Waals surface area contributed by atoms with Gasteiger partial charge in [-0.15, -0.1) is 0 Å². The van der Waals surface area contributed by atoms with Crippen LogP contribution in [0.4, 0.5) is 19.0 Å². The number of hydrogen-bond donors (Lipinski definition) is 1. The Morgan fingerprint density at radius 2 is 1.94 bits per heavy atom. The normalized spacial score (nSPS) is 12.3. The number of aryl methyl sites for hydroxylation is 1. The van der Waals surface area contributed by atoms with Crippen LogP contribution in [-0.4, -0.2) is 21.6 Å². The summed E-state index contributed by atoms with van der Waals surface area (Å²) >= 11 is 0. The molecule has 100 valence electrons. The summed E-state index contributed by atoms with van der Waals surface area (Å²) in [5.41, 5.74) is -3.28. The first-order valence-corrected chi connectivity index (χ1v) is 4.97. The van der Waals surface area contributed by atoms with Crippen LogP contribution in [0.3, 0.4) is 0 Å². The molecule has 1 amide bonds. The van der Waals surface area contributed by atoms with Crippen molar-refractivity contribution in [1.29, 1.82) is 0 Å². The zero-order valence-corrected chi connectivity index (χ0v) is 10.00. The topological polar surface area (TPSA) is 64.0 Å². The van der Waals surface area contributed by atoms with Gasteiger partial charge in [0.15, 0.2) is 5.82 Å². The second-order valence-corrected chi connectivity index (χ2v) is 4.27. The predicted octanol–water partition coefficient (Wildman–Crippen LogP) is 1.31. The minimum absolute atomic E-state index is 0.428. The van der Waals surface area contributed by atoms with Crippen LogP contribution >= 0.6 is 0 Å². The predicted molar refractivity (Wildman–Crippen MR) is 57.9 cm³/mol. The molecule has 0 radical (unpaired) electrons. The average Bonchev–Trinajstić information content (AvgIpc) is 2.23. The summed E-state index contributed by atoms with van der Waals surface area (Å²) < 4.78 is 38.9. The van der Waals surface area contributed by atoms with Gasteiger partial charge in [-0.05, 0) is 13.8 Å². The van der Waals surface area contributed by atoms with Gasteiger partial charge in [-0.3, -0.25) is 9.59 Å². The number of nitrogens with one attached hydrogen (secondary N) is 1. The molecular weight excluding hydrogens is 251 g/mol. The van der Waals surface area contributed by atoms with Gasteiger partial charge in [0.25, 0.3) is 5.56 Å². The van der Waals surface area contributed by atoms with Crippen molar-refractivity contribution in [2.24, 2.45) is 12.5 Å². The number of alkyl halides is 3. The minimum atomic E-state index is -4.71. The molecule has 0 unspecified atom stereocenters. The highest BCUT2D eigenvalue weighted by Crippen LogP contribution is 2.38. The van der Waals surface area contributed by atoms with Gasteiger partial charge in [-0.25, -0.2) is 4.98 Å². The van der Waals surface area contributed by atoms with Crippen LogP contribution in [0.25, 0.3) is 0 Å². The lowest BCUT2D eigenvalue weighted by atomic mass is 9.91. The Kier molecular flexibility index (Phi) is 3.50. The minimum Gasteiger partial charge on any atom is -0.314 e. The molecule has 0 saturated heterocycles. The molecule has 0 aliphatic heterocycles. The molecule has 0 fully saturated rings. The molecule has 18 heavy (non-hydrogen) atoms. The average molecular weight is 263 g/mol. The Morgan fingerprint density at radius 3 is 2.44 bits per heavy atom. The van der Waals surface area contributed by atoms with Gasteiger partial charge in [-0.1, -0.05) is 0 Å². The van der Waals surface area contributed by atoms with E-state index in [2.05, 4.69) is 4.98 Å². The smallest absolute Gasteiger partial charge is 0.314 e. The third kappa shape index (κ3) is 2.52. The first-order valence-electron chi connectivity index (χ1n) is 4.97. The quantitative estimate of drug-likeness (QED) is 0.874. The van der Waals surface area contributed by atoms with E-state index in [1.54, 1.807) is 0 Å². The van der Waals surface area contributed by atoms with E-state index in [4.69, 9.17) is 0 Å². The van der Waals surface area contributed by atoms with Gasteiger partial charge in [0, 0.05) is 19.4 Å². The number of aromatic nitrogens is 2. The third-order valence-corrected chi connectivity index (χ3v) is 2.53. The molecule has 8 heteroatoms. The van der Waals surface area contributed by atoms with Crippen LogP contribution in [0.15, 0.2) is 17.2 Å². The van der Waals surface area contributed by atoms with Gasteiger partial charge in [0.2, 0.25) is 5.91 Å². The molecule has 0 atom stereocenters. The fraction of sp³-hybridized carbons (Fsp3) is 0.500. The first-order chi connectivity index (χ1) is 8.07. The third-order valence-electron chi connectivity index (χ3n) is 2.53. The molecule has 5 nitrogen and oxygen atoms in total. The van der Waals surface area contributed by atoms with Gasteiger partial charge >= 0.3 is 6.18 Å². The zero-order valence-electron chi connectivity index (χ0n) is 10.00. The monoisotopic (exact) mass is 263 g/mol.